The van der Waals surface area contributed by atoms with E-state index in [2.05, 4.69) is 24.9 Å². The van der Waals surface area contributed by atoms with Gasteiger partial charge in [-0.15, -0.1) is 0 Å². The Hall–Kier alpha value is -4.26. The number of ether oxygens (including phenoxy) is 2. The quantitative estimate of drug-likeness (QED) is 0.369. The summed E-state index contributed by atoms with van der Waals surface area (Å²) < 4.78 is 13.9. The van der Waals surface area contributed by atoms with Crippen molar-refractivity contribution >= 4 is 28.5 Å². The summed E-state index contributed by atoms with van der Waals surface area (Å²) in [6.07, 6.45) is -0.263. The molecule has 7 nitrogen and oxygen atoms in total. The van der Waals surface area contributed by atoms with Crippen molar-refractivity contribution in [1.82, 2.24) is 4.57 Å². The molecule has 3 aromatic carbocycles. The lowest BCUT2D eigenvalue weighted by Crippen LogP contribution is -2.41. The van der Waals surface area contributed by atoms with Crippen LogP contribution in [0.15, 0.2) is 54.6 Å². The van der Waals surface area contributed by atoms with E-state index in [1.54, 1.807) is 17.6 Å². The Labute approximate surface area is 222 Å². The molecule has 0 saturated carbocycles. The molecule has 1 aromatic heterocycles. The standard InChI is InChI=1S/C31H32N2O5/c1-18-6-9-26-25(12-18)24(15-30(34)35)21(4)33(26)31(36)22-8-11-28(20(3)14-22)37-17-23-16-32(5)27-13-19(2)7-10-29(27)38-23/h6-14,23H,15-17H2,1-5H3,(H,34,35)/t23-/m0/s1. The first kappa shape index (κ1) is 25.4. The molecule has 0 aliphatic carbocycles. The highest BCUT2D eigenvalue weighted by Crippen LogP contribution is 2.34. The van der Waals surface area contributed by atoms with Gasteiger partial charge in [0.2, 0.25) is 0 Å². The second kappa shape index (κ2) is 9.89. The molecule has 5 rings (SSSR count). The molecular formula is C31H32N2O5. The van der Waals surface area contributed by atoms with Crippen molar-refractivity contribution < 1.29 is 24.2 Å². The Kier molecular flexibility index (Phi) is 6.61. The van der Waals surface area contributed by atoms with Gasteiger partial charge in [-0.1, -0.05) is 17.7 Å². The molecule has 0 amide bonds. The molecule has 0 bridgehead atoms. The molecule has 38 heavy (non-hydrogen) atoms. The molecule has 0 fully saturated rings. The number of hydrogen-bond acceptors (Lipinski definition) is 5. The molecule has 1 N–H and O–H groups in total. The number of carbonyl (C=O) groups excluding carboxylic acids is 1. The summed E-state index contributed by atoms with van der Waals surface area (Å²) in [5.74, 6) is 0.415. The molecule has 4 aromatic rings. The predicted octanol–water partition coefficient (Wildman–Crippen LogP) is 5.47. The van der Waals surface area contributed by atoms with Crippen molar-refractivity contribution in [2.24, 2.45) is 0 Å². The molecule has 1 aliphatic rings. The van der Waals surface area contributed by atoms with Crippen molar-refractivity contribution in [2.75, 3.05) is 25.1 Å². The number of likely N-dealkylation sites (N-methyl/N-ethyl adjacent to an activating group) is 1. The van der Waals surface area contributed by atoms with Gasteiger partial charge in [-0.3, -0.25) is 14.2 Å². The van der Waals surface area contributed by atoms with Gasteiger partial charge in [0.25, 0.3) is 5.91 Å². The summed E-state index contributed by atoms with van der Waals surface area (Å²) in [7, 11) is 2.05. The van der Waals surface area contributed by atoms with Crippen LogP contribution >= 0.6 is 0 Å². The fourth-order valence-corrected chi connectivity index (χ4v) is 5.22. The number of rotatable bonds is 6. The minimum absolute atomic E-state index is 0.124. The van der Waals surface area contributed by atoms with Gasteiger partial charge in [-0.2, -0.15) is 0 Å². The second-order valence-electron chi connectivity index (χ2n) is 10.2. The van der Waals surface area contributed by atoms with E-state index < -0.39 is 5.97 Å². The number of aliphatic carboxylic acids is 1. The highest BCUT2D eigenvalue weighted by Gasteiger charge is 2.25. The van der Waals surface area contributed by atoms with Gasteiger partial charge in [-0.05, 0) is 86.8 Å². The van der Waals surface area contributed by atoms with Crippen LogP contribution < -0.4 is 14.4 Å². The summed E-state index contributed by atoms with van der Waals surface area (Å²) in [6.45, 7) is 8.83. The van der Waals surface area contributed by atoms with E-state index >= 15 is 0 Å². The maximum Gasteiger partial charge on any atom is 0.307 e. The lowest BCUT2D eigenvalue weighted by molar-refractivity contribution is -0.136. The van der Waals surface area contributed by atoms with Crippen molar-refractivity contribution in [3.8, 4) is 11.5 Å². The molecule has 0 radical (unpaired) electrons. The van der Waals surface area contributed by atoms with Gasteiger partial charge < -0.3 is 19.5 Å². The minimum Gasteiger partial charge on any atom is -0.489 e. The average Bonchev–Trinajstić information content (AvgIpc) is 3.13. The zero-order chi connectivity index (χ0) is 27.1. The SMILES string of the molecule is Cc1ccc2c(c1)N(C)C[C@@H](COc1ccc(C(=O)n3c(C)c(CC(=O)O)c4cc(C)ccc43)cc1C)O2. The van der Waals surface area contributed by atoms with E-state index in [0.717, 1.165) is 28.0 Å². The summed E-state index contributed by atoms with van der Waals surface area (Å²) in [6, 6.07) is 17.3. The van der Waals surface area contributed by atoms with Gasteiger partial charge >= 0.3 is 5.97 Å². The number of carboxylic acid groups (broad SMARTS) is 1. The fourth-order valence-electron chi connectivity index (χ4n) is 5.22. The molecule has 0 unspecified atom stereocenters. The van der Waals surface area contributed by atoms with Crippen LogP contribution in [-0.2, 0) is 11.2 Å². The van der Waals surface area contributed by atoms with Crippen LogP contribution in [0.25, 0.3) is 10.9 Å². The van der Waals surface area contributed by atoms with Crippen LogP contribution in [0.3, 0.4) is 0 Å². The van der Waals surface area contributed by atoms with Gasteiger partial charge in [0, 0.05) is 23.7 Å². The van der Waals surface area contributed by atoms with E-state index in [-0.39, 0.29) is 18.4 Å². The van der Waals surface area contributed by atoms with Crippen molar-refractivity contribution in [3.05, 3.63) is 88.1 Å². The highest BCUT2D eigenvalue weighted by atomic mass is 16.5. The van der Waals surface area contributed by atoms with Crippen LogP contribution in [0, 0.1) is 27.7 Å². The monoisotopic (exact) mass is 512 g/mol. The summed E-state index contributed by atoms with van der Waals surface area (Å²) in [5, 5.41) is 10.2. The second-order valence-corrected chi connectivity index (χ2v) is 10.2. The maximum atomic E-state index is 13.7. The van der Waals surface area contributed by atoms with Gasteiger partial charge in [0.15, 0.2) is 0 Å². The molecule has 1 aliphatic heterocycles. The zero-order valence-electron chi connectivity index (χ0n) is 22.4. The largest absolute Gasteiger partial charge is 0.489 e. The number of carboxylic acids is 1. The first-order valence-corrected chi connectivity index (χ1v) is 12.7. The van der Waals surface area contributed by atoms with E-state index in [4.69, 9.17) is 9.47 Å². The predicted molar refractivity (Wildman–Crippen MR) is 148 cm³/mol. The fraction of sp³-hybridized carbons (Fsp3) is 0.290. The van der Waals surface area contributed by atoms with E-state index in [0.29, 0.717) is 41.2 Å². The third-order valence-electron chi connectivity index (χ3n) is 7.16. The third-order valence-corrected chi connectivity index (χ3v) is 7.16. The smallest absolute Gasteiger partial charge is 0.307 e. The van der Waals surface area contributed by atoms with E-state index in [1.165, 1.54) is 5.56 Å². The van der Waals surface area contributed by atoms with Crippen molar-refractivity contribution in [1.29, 1.82) is 0 Å². The Morgan fingerprint density at radius 3 is 2.47 bits per heavy atom. The molecule has 0 spiro atoms. The van der Waals surface area contributed by atoms with Crippen LogP contribution in [0.4, 0.5) is 5.69 Å². The number of anilines is 1. The van der Waals surface area contributed by atoms with Crippen LogP contribution in [-0.4, -0.2) is 47.9 Å². The Bertz CT molecular complexity index is 1570. The number of aryl methyl sites for hydroxylation is 3. The number of fused-ring (bicyclic) bond motifs is 2. The number of benzene rings is 3. The van der Waals surface area contributed by atoms with Gasteiger partial charge in [0.1, 0.15) is 24.2 Å². The molecular weight excluding hydrogens is 480 g/mol. The molecule has 2 heterocycles. The number of hydrogen-bond donors (Lipinski definition) is 1. The van der Waals surface area contributed by atoms with Crippen molar-refractivity contribution in [2.45, 2.75) is 40.2 Å². The van der Waals surface area contributed by atoms with E-state index in [9.17, 15) is 14.7 Å². The van der Waals surface area contributed by atoms with Crippen LogP contribution in [0.5, 0.6) is 11.5 Å². The van der Waals surface area contributed by atoms with Crippen molar-refractivity contribution in [3.63, 3.8) is 0 Å². The van der Waals surface area contributed by atoms with Crippen LogP contribution in [0.1, 0.15) is 38.3 Å². The normalized spacial score (nSPS) is 14.8. The first-order valence-electron chi connectivity index (χ1n) is 12.7. The van der Waals surface area contributed by atoms with Crippen LogP contribution in [0.2, 0.25) is 0 Å². The molecule has 196 valence electrons. The summed E-state index contributed by atoms with van der Waals surface area (Å²) >= 11 is 0. The molecule has 0 saturated heterocycles. The van der Waals surface area contributed by atoms with Gasteiger partial charge in [-0.25, -0.2) is 0 Å². The number of aromatic nitrogens is 1. The molecule has 1 atom stereocenters. The lowest BCUT2D eigenvalue weighted by Gasteiger charge is -2.34. The highest BCUT2D eigenvalue weighted by molar-refractivity contribution is 6.05. The number of carbonyl (C=O) groups is 2. The zero-order valence-corrected chi connectivity index (χ0v) is 22.4. The average molecular weight is 513 g/mol. The third kappa shape index (κ3) is 4.72. The Morgan fingerprint density at radius 1 is 1.00 bits per heavy atom. The van der Waals surface area contributed by atoms with Gasteiger partial charge in [0.05, 0.1) is 24.2 Å². The maximum absolute atomic E-state index is 13.7. The van der Waals surface area contributed by atoms with E-state index in [1.807, 2.05) is 56.3 Å². The summed E-state index contributed by atoms with van der Waals surface area (Å²) in [4.78, 5) is 27.4. The Balaban J connectivity index is 1.36. The minimum atomic E-state index is -0.926. The summed E-state index contributed by atoms with van der Waals surface area (Å²) in [5.41, 5.74) is 6.65. The lowest BCUT2D eigenvalue weighted by atomic mass is 10.1. The topological polar surface area (TPSA) is 81.0 Å². The first-order chi connectivity index (χ1) is 18.1. The Morgan fingerprint density at radius 2 is 1.74 bits per heavy atom. The molecule has 7 heteroatoms. The number of nitrogens with zero attached hydrogens (tertiary/aromatic N) is 2.